The minimum Gasteiger partial charge on any atom is -0.357 e. The highest BCUT2D eigenvalue weighted by molar-refractivity contribution is 6.35. The standard InChI is InChI=1S/C16H16Cl2N6O/c1-9(16(25)23(2)3)19-13-4-5-14-20-21-15(24(14)22-13)10-6-11(17)8-12(18)7-10/h4-9H,1-3H3,(H,19,22)/t9-/m0/s1. The lowest BCUT2D eigenvalue weighted by molar-refractivity contribution is -0.129. The molecule has 3 rings (SSSR count). The number of benzene rings is 1. The fourth-order valence-electron chi connectivity index (χ4n) is 2.40. The topological polar surface area (TPSA) is 75.4 Å². The molecule has 0 aliphatic rings. The van der Waals surface area contributed by atoms with Crippen LogP contribution in [0.4, 0.5) is 5.82 Å². The van der Waals surface area contributed by atoms with Gasteiger partial charge in [0.05, 0.1) is 0 Å². The van der Waals surface area contributed by atoms with E-state index in [1.807, 2.05) is 0 Å². The summed E-state index contributed by atoms with van der Waals surface area (Å²) in [5, 5.41) is 16.8. The number of amides is 1. The van der Waals surface area contributed by atoms with Gasteiger partial charge in [-0.3, -0.25) is 4.79 Å². The highest BCUT2D eigenvalue weighted by atomic mass is 35.5. The third kappa shape index (κ3) is 3.67. The Morgan fingerprint density at radius 3 is 2.48 bits per heavy atom. The van der Waals surface area contributed by atoms with Crippen molar-refractivity contribution >= 4 is 40.6 Å². The fraction of sp³-hybridized carbons (Fsp3) is 0.250. The number of nitrogens with one attached hydrogen (secondary N) is 1. The average molecular weight is 379 g/mol. The first-order valence-electron chi connectivity index (χ1n) is 7.52. The van der Waals surface area contributed by atoms with Gasteiger partial charge in [-0.1, -0.05) is 23.2 Å². The van der Waals surface area contributed by atoms with E-state index in [0.29, 0.717) is 32.9 Å². The van der Waals surface area contributed by atoms with Crippen LogP contribution in [-0.4, -0.2) is 50.8 Å². The van der Waals surface area contributed by atoms with E-state index >= 15 is 0 Å². The Morgan fingerprint density at radius 2 is 1.84 bits per heavy atom. The first kappa shape index (κ1) is 17.4. The first-order valence-corrected chi connectivity index (χ1v) is 8.27. The van der Waals surface area contributed by atoms with Gasteiger partial charge in [0, 0.05) is 29.7 Å². The molecular formula is C16H16Cl2N6O. The SMILES string of the molecule is C[C@H](Nc1ccc2nnc(-c3cc(Cl)cc(Cl)c3)n2n1)C(=O)N(C)C. The molecule has 0 aliphatic carbocycles. The number of halogens is 2. The van der Waals surface area contributed by atoms with E-state index in [1.54, 1.807) is 55.9 Å². The molecular weight excluding hydrogens is 363 g/mol. The second-order valence-electron chi connectivity index (χ2n) is 5.77. The van der Waals surface area contributed by atoms with Gasteiger partial charge in [-0.25, -0.2) is 0 Å². The normalized spacial score (nSPS) is 12.2. The number of carbonyl (C=O) groups excluding carboxylic acids is 1. The summed E-state index contributed by atoms with van der Waals surface area (Å²) in [6.45, 7) is 1.78. The number of rotatable bonds is 4. The minimum absolute atomic E-state index is 0.0486. The number of aromatic nitrogens is 4. The Balaban J connectivity index is 1.98. The molecule has 0 saturated carbocycles. The lowest BCUT2D eigenvalue weighted by Crippen LogP contribution is -2.36. The Labute approximate surface area is 154 Å². The van der Waals surface area contributed by atoms with E-state index < -0.39 is 6.04 Å². The number of nitrogens with zero attached hydrogens (tertiary/aromatic N) is 5. The molecule has 130 valence electrons. The van der Waals surface area contributed by atoms with Crippen molar-refractivity contribution in [3.63, 3.8) is 0 Å². The number of fused-ring (bicyclic) bond motifs is 1. The predicted octanol–water partition coefficient (Wildman–Crippen LogP) is 2.99. The Kier molecular flexibility index (Phi) is 4.78. The van der Waals surface area contributed by atoms with E-state index in [9.17, 15) is 4.79 Å². The van der Waals surface area contributed by atoms with Gasteiger partial charge in [-0.2, -0.15) is 4.52 Å². The molecule has 1 aromatic carbocycles. The molecule has 0 fully saturated rings. The van der Waals surface area contributed by atoms with Crippen molar-refractivity contribution in [1.82, 2.24) is 24.7 Å². The number of likely N-dealkylation sites (N-methyl/N-ethyl adjacent to an activating group) is 1. The molecule has 25 heavy (non-hydrogen) atoms. The average Bonchev–Trinajstić information content (AvgIpc) is 2.96. The number of anilines is 1. The zero-order valence-electron chi connectivity index (χ0n) is 13.9. The van der Waals surface area contributed by atoms with Crippen molar-refractivity contribution in [2.24, 2.45) is 0 Å². The van der Waals surface area contributed by atoms with Crippen LogP contribution < -0.4 is 5.32 Å². The molecule has 0 radical (unpaired) electrons. The van der Waals surface area contributed by atoms with Gasteiger partial charge in [0.1, 0.15) is 11.9 Å². The molecule has 2 heterocycles. The van der Waals surface area contributed by atoms with Crippen molar-refractivity contribution in [1.29, 1.82) is 0 Å². The zero-order valence-corrected chi connectivity index (χ0v) is 15.4. The Bertz CT molecular complexity index is 919. The van der Waals surface area contributed by atoms with E-state index in [1.165, 1.54) is 4.90 Å². The summed E-state index contributed by atoms with van der Waals surface area (Å²) in [5.74, 6) is 0.992. The third-order valence-electron chi connectivity index (χ3n) is 3.56. The first-order chi connectivity index (χ1) is 11.8. The highest BCUT2D eigenvalue weighted by Gasteiger charge is 2.16. The number of carbonyl (C=O) groups is 1. The summed E-state index contributed by atoms with van der Waals surface area (Å²) in [7, 11) is 3.41. The number of hydrogen-bond donors (Lipinski definition) is 1. The minimum atomic E-state index is -0.416. The van der Waals surface area contributed by atoms with Gasteiger partial charge in [-0.15, -0.1) is 15.3 Å². The maximum Gasteiger partial charge on any atom is 0.244 e. The van der Waals surface area contributed by atoms with Gasteiger partial charge in [0.2, 0.25) is 5.91 Å². The van der Waals surface area contributed by atoms with Crippen LogP contribution in [0.3, 0.4) is 0 Å². The van der Waals surface area contributed by atoms with Crippen molar-refractivity contribution in [2.45, 2.75) is 13.0 Å². The van der Waals surface area contributed by atoms with Crippen LogP contribution >= 0.6 is 23.2 Å². The lowest BCUT2D eigenvalue weighted by atomic mass is 10.2. The van der Waals surface area contributed by atoms with Crippen LogP contribution in [-0.2, 0) is 4.79 Å². The zero-order chi connectivity index (χ0) is 18.1. The third-order valence-corrected chi connectivity index (χ3v) is 4.00. The molecule has 3 aromatic rings. The van der Waals surface area contributed by atoms with Crippen LogP contribution in [0, 0.1) is 0 Å². The molecule has 1 amide bonds. The maximum absolute atomic E-state index is 12.0. The molecule has 1 N–H and O–H groups in total. The van der Waals surface area contributed by atoms with E-state index in [4.69, 9.17) is 23.2 Å². The quantitative estimate of drug-likeness (QED) is 0.754. The van der Waals surface area contributed by atoms with Crippen molar-refractivity contribution < 1.29 is 4.79 Å². The fourth-order valence-corrected chi connectivity index (χ4v) is 2.93. The van der Waals surface area contributed by atoms with E-state index in [-0.39, 0.29) is 5.91 Å². The maximum atomic E-state index is 12.0. The van der Waals surface area contributed by atoms with Crippen molar-refractivity contribution in [3.05, 3.63) is 40.4 Å². The van der Waals surface area contributed by atoms with Crippen molar-refractivity contribution in [3.8, 4) is 11.4 Å². The smallest absolute Gasteiger partial charge is 0.244 e. The van der Waals surface area contributed by atoms with E-state index in [2.05, 4.69) is 20.6 Å². The molecule has 2 aromatic heterocycles. The van der Waals surface area contributed by atoms with Crippen LogP contribution in [0.1, 0.15) is 6.92 Å². The van der Waals surface area contributed by atoms with Gasteiger partial charge < -0.3 is 10.2 Å². The molecule has 0 saturated heterocycles. The predicted molar refractivity (Wildman–Crippen MR) is 98.0 cm³/mol. The summed E-state index contributed by atoms with van der Waals surface area (Å²) in [6.07, 6.45) is 0. The van der Waals surface area contributed by atoms with Crippen molar-refractivity contribution in [2.75, 3.05) is 19.4 Å². The van der Waals surface area contributed by atoms with Crippen LogP contribution in [0.25, 0.3) is 17.0 Å². The Morgan fingerprint density at radius 1 is 1.16 bits per heavy atom. The van der Waals surface area contributed by atoms with Gasteiger partial charge in [0.15, 0.2) is 11.5 Å². The highest BCUT2D eigenvalue weighted by Crippen LogP contribution is 2.26. The second kappa shape index (κ2) is 6.85. The van der Waals surface area contributed by atoms with E-state index in [0.717, 1.165) is 0 Å². The summed E-state index contributed by atoms with van der Waals surface area (Å²) in [4.78, 5) is 13.5. The summed E-state index contributed by atoms with van der Waals surface area (Å²) in [6, 6.07) is 8.22. The molecule has 1 atom stereocenters. The van der Waals surface area contributed by atoms with Crippen LogP contribution in [0.15, 0.2) is 30.3 Å². The van der Waals surface area contributed by atoms with Crippen LogP contribution in [0.5, 0.6) is 0 Å². The monoisotopic (exact) mass is 378 g/mol. The molecule has 0 spiro atoms. The van der Waals surface area contributed by atoms with Crippen LogP contribution in [0.2, 0.25) is 10.0 Å². The molecule has 7 nitrogen and oxygen atoms in total. The second-order valence-corrected chi connectivity index (χ2v) is 6.64. The summed E-state index contributed by atoms with van der Waals surface area (Å²) >= 11 is 12.1. The summed E-state index contributed by atoms with van der Waals surface area (Å²) in [5.41, 5.74) is 1.27. The summed E-state index contributed by atoms with van der Waals surface area (Å²) < 4.78 is 1.58. The largest absolute Gasteiger partial charge is 0.357 e. The molecule has 0 aliphatic heterocycles. The molecule has 0 unspecified atom stereocenters. The number of hydrogen-bond acceptors (Lipinski definition) is 5. The lowest BCUT2D eigenvalue weighted by Gasteiger charge is -2.18. The molecule has 0 bridgehead atoms. The van der Waals surface area contributed by atoms with Gasteiger partial charge >= 0.3 is 0 Å². The molecule has 9 heteroatoms. The van der Waals surface area contributed by atoms with Gasteiger partial charge in [0.25, 0.3) is 0 Å². The van der Waals surface area contributed by atoms with Gasteiger partial charge in [-0.05, 0) is 37.3 Å². The Hall–Kier alpha value is -2.38.